The fourth-order valence-electron chi connectivity index (χ4n) is 2.92. The molecule has 2 aliphatic heterocycles. The lowest BCUT2D eigenvalue weighted by molar-refractivity contribution is -0.208. The SMILES string of the molecule is CCC[C@H]1O[C@@H]2[C@H](C[C@H]1C)OC(=O)C[C@@H]2C. The Morgan fingerprint density at radius 2 is 2.06 bits per heavy atom. The fraction of sp³-hybridized carbons (Fsp3) is 0.923. The molecule has 0 saturated carbocycles. The van der Waals surface area contributed by atoms with Crippen LogP contribution in [0.4, 0.5) is 0 Å². The second-order valence-electron chi connectivity index (χ2n) is 5.35. The summed E-state index contributed by atoms with van der Waals surface area (Å²) in [4.78, 5) is 11.4. The van der Waals surface area contributed by atoms with Crippen LogP contribution in [-0.4, -0.2) is 24.3 Å². The number of hydrogen-bond acceptors (Lipinski definition) is 3. The Balaban J connectivity index is 2.04. The molecule has 16 heavy (non-hydrogen) atoms. The highest BCUT2D eigenvalue weighted by Crippen LogP contribution is 2.36. The van der Waals surface area contributed by atoms with E-state index in [2.05, 4.69) is 20.8 Å². The van der Waals surface area contributed by atoms with E-state index in [1.807, 2.05) is 0 Å². The van der Waals surface area contributed by atoms with Crippen molar-refractivity contribution in [3.8, 4) is 0 Å². The van der Waals surface area contributed by atoms with Gasteiger partial charge < -0.3 is 9.47 Å². The molecule has 0 aromatic carbocycles. The van der Waals surface area contributed by atoms with Crippen LogP contribution in [0, 0.1) is 11.8 Å². The van der Waals surface area contributed by atoms with Gasteiger partial charge in [0.05, 0.1) is 18.6 Å². The predicted octanol–water partition coefficient (Wildman–Crippen LogP) is 2.53. The van der Waals surface area contributed by atoms with Crippen LogP contribution in [-0.2, 0) is 14.3 Å². The van der Waals surface area contributed by atoms with Gasteiger partial charge in [0.1, 0.15) is 6.10 Å². The van der Waals surface area contributed by atoms with Crippen molar-refractivity contribution in [2.45, 2.75) is 64.8 Å². The monoisotopic (exact) mass is 226 g/mol. The molecule has 0 aromatic heterocycles. The van der Waals surface area contributed by atoms with Gasteiger partial charge in [0, 0.05) is 0 Å². The van der Waals surface area contributed by atoms with Crippen LogP contribution in [0.25, 0.3) is 0 Å². The number of rotatable bonds is 2. The van der Waals surface area contributed by atoms with E-state index in [0.717, 1.165) is 19.3 Å². The first-order valence-corrected chi connectivity index (χ1v) is 6.46. The van der Waals surface area contributed by atoms with Crippen LogP contribution in [0.1, 0.15) is 46.5 Å². The van der Waals surface area contributed by atoms with Gasteiger partial charge in [-0.05, 0) is 24.7 Å². The number of carbonyl (C=O) groups excluding carboxylic acids is 1. The third-order valence-corrected chi connectivity index (χ3v) is 3.84. The molecule has 0 aliphatic carbocycles. The third kappa shape index (κ3) is 2.24. The normalized spacial score (nSPS) is 43.7. The minimum Gasteiger partial charge on any atom is -0.460 e. The molecule has 2 aliphatic rings. The van der Waals surface area contributed by atoms with Gasteiger partial charge >= 0.3 is 5.97 Å². The Hall–Kier alpha value is -0.570. The van der Waals surface area contributed by atoms with E-state index < -0.39 is 0 Å². The first-order valence-electron chi connectivity index (χ1n) is 6.46. The quantitative estimate of drug-likeness (QED) is 0.679. The lowest BCUT2D eigenvalue weighted by Gasteiger charge is -2.44. The van der Waals surface area contributed by atoms with Crippen molar-refractivity contribution < 1.29 is 14.3 Å². The number of hydrogen-bond donors (Lipinski definition) is 0. The van der Waals surface area contributed by atoms with Gasteiger partial charge in [-0.3, -0.25) is 4.79 Å². The molecule has 2 saturated heterocycles. The van der Waals surface area contributed by atoms with Crippen LogP contribution < -0.4 is 0 Å². The molecule has 0 aromatic rings. The molecule has 2 fully saturated rings. The standard InChI is InChI=1S/C13H22O3/c1-4-5-10-8(2)6-11-13(16-10)9(3)7-12(14)15-11/h8-11,13H,4-7H2,1-3H3/t8-,9+,10-,11+,13+/m1/s1. The Morgan fingerprint density at radius 3 is 2.75 bits per heavy atom. The zero-order valence-electron chi connectivity index (χ0n) is 10.4. The summed E-state index contributed by atoms with van der Waals surface area (Å²) in [5.74, 6) is 0.746. The topological polar surface area (TPSA) is 35.5 Å². The maximum Gasteiger partial charge on any atom is 0.306 e. The molecule has 0 radical (unpaired) electrons. The van der Waals surface area contributed by atoms with Crippen molar-refractivity contribution >= 4 is 5.97 Å². The molecule has 3 heteroatoms. The zero-order valence-corrected chi connectivity index (χ0v) is 10.4. The number of ether oxygens (including phenoxy) is 2. The molecule has 0 bridgehead atoms. The number of fused-ring (bicyclic) bond motifs is 1. The van der Waals surface area contributed by atoms with Gasteiger partial charge in [0.15, 0.2) is 0 Å². The molecule has 0 unspecified atom stereocenters. The van der Waals surface area contributed by atoms with Crippen LogP contribution in [0.5, 0.6) is 0 Å². The first-order chi connectivity index (χ1) is 7.61. The minimum atomic E-state index is -0.0570. The van der Waals surface area contributed by atoms with E-state index in [9.17, 15) is 4.79 Å². The Morgan fingerprint density at radius 1 is 1.31 bits per heavy atom. The maximum absolute atomic E-state index is 11.4. The van der Waals surface area contributed by atoms with Crippen molar-refractivity contribution in [1.82, 2.24) is 0 Å². The molecular formula is C13H22O3. The smallest absolute Gasteiger partial charge is 0.306 e. The van der Waals surface area contributed by atoms with Gasteiger partial charge in [0.25, 0.3) is 0 Å². The van der Waals surface area contributed by atoms with Gasteiger partial charge in [-0.2, -0.15) is 0 Å². The van der Waals surface area contributed by atoms with Gasteiger partial charge in [-0.1, -0.05) is 27.2 Å². The molecule has 0 spiro atoms. The summed E-state index contributed by atoms with van der Waals surface area (Å²) in [5, 5.41) is 0. The van der Waals surface area contributed by atoms with E-state index in [0.29, 0.717) is 24.4 Å². The summed E-state index contributed by atoms with van der Waals surface area (Å²) >= 11 is 0. The lowest BCUT2D eigenvalue weighted by Crippen LogP contribution is -2.51. The van der Waals surface area contributed by atoms with Gasteiger partial charge in [-0.15, -0.1) is 0 Å². The highest BCUT2D eigenvalue weighted by molar-refractivity contribution is 5.70. The van der Waals surface area contributed by atoms with Crippen molar-refractivity contribution in [3.63, 3.8) is 0 Å². The molecule has 3 nitrogen and oxygen atoms in total. The third-order valence-electron chi connectivity index (χ3n) is 3.84. The van der Waals surface area contributed by atoms with Crippen LogP contribution >= 0.6 is 0 Å². The second-order valence-corrected chi connectivity index (χ2v) is 5.35. The van der Waals surface area contributed by atoms with E-state index >= 15 is 0 Å². The van der Waals surface area contributed by atoms with Crippen LogP contribution in [0.3, 0.4) is 0 Å². The van der Waals surface area contributed by atoms with Crippen molar-refractivity contribution in [3.05, 3.63) is 0 Å². The van der Waals surface area contributed by atoms with Crippen LogP contribution in [0.15, 0.2) is 0 Å². The van der Waals surface area contributed by atoms with E-state index in [-0.39, 0.29) is 18.2 Å². The van der Waals surface area contributed by atoms with E-state index in [1.54, 1.807) is 0 Å². The lowest BCUT2D eigenvalue weighted by atomic mass is 9.82. The molecule has 2 rings (SSSR count). The number of esters is 1. The molecule has 2 heterocycles. The van der Waals surface area contributed by atoms with E-state index in [4.69, 9.17) is 9.47 Å². The van der Waals surface area contributed by atoms with Gasteiger partial charge in [0.2, 0.25) is 0 Å². The predicted molar refractivity (Wildman–Crippen MR) is 61.0 cm³/mol. The number of carbonyl (C=O) groups is 1. The summed E-state index contributed by atoms with van der Waals surface area (Å²) in [5.41, 5.74) is 0. The molecule has 0 N–H and O–H groups in total. The van der Waals surface area contributed by atoms with Crippen molar-refractivity contribution in [2.75, 3.05) is 0 Å². The van der Waals surface area contributed by atoms with Crippen molar-refractivity contribution in [1.29, 1.82) is 0 Å². The highest BCUT2D eigenvalue weighted by Gasteiger charge is 2.43. The van der Waals surface area contributed by atoms with Crippen molar-refractivity contribution in [2.24, 2.45) is 11.8 Å². The Bertz CT molecular complexity index is 264. The first kappa shape index (κ1) is 11.9. The minimum absolute atomic E-state index is 0.000596. The molecule has 92 valence electrons. The van der Waals surface area contributed by atoms with E-state index in [1.165, 1.54) is 0 Å². The zero-order chi connectivity index (χ0) is 11.7. The largest absolute Gasteiger partial charge is 0.460 e. The second kappa shape index (κ2) is 4.74. The van der Waals surface area contributed by atoms with Gasteiger partial charge in [-0.25, -0.2) is 0 Å². The summed E-state index contributed by atoms with van der Waals surface area (Å²) in [6, 6.07) is 0. The maximum atomic E-state index is 11.4. The highest BCUT2D eigenvalue weighted by atomic mass is 16.6. The summed E-state index contributed by atoms with van der Waals surface area (Å²) in [7, 11) is 0. The van der Waals surface area contributed by atoms with Crippen LogP contribution in [0.2, 0.25) is 0 Å². The average Bonchev–Trinajstić information content (AvgIpc) is 2.20. The Labute approximate surface area is 97.5 Å². The molecule has 0 amide bonds. The summed E-state index contributed by atoms with van der Waals surface area (Å²) < 4.78 is 11.5. The summed E-state index contributed by atoms with van der Waals surface area (Å²) in [6.45, 7) is 6.48. The summed E-state index contributed by atoms with van der Waals surface area (Å²) in [6.07, 6.45) is 4.22. The average molecular weight is 226 g/mol. The molecule has 5 atom stereocenters. The fourth-order valence-corrected chi connectivity index (χ4v) is 2.92. The Kier molecular flexibility index (Phi) is 3.53. The molecular weight excluding hydrogens is 204 g/mol.